The van der Waals surface area contributed by atoms with Crippen LogP contribution < -0.4 is 0 Å². The van der Waals surface area contributed by atoms with Crippen molar-refractivity contribution in [3.05, 3.63) is 85.1 Å². The number of rotatable bonds is 54. The van der Waals surface area contributed by atoms with Crippen molar-refractivity contribution in [3.8, 4) is 0 Å². The summed E-state index contributed by atoms with van der Waals surface area (Å²) < 4.78 is 39.5. The Kier molecular flexibility index (Phi) is 53.4. The van der Waals surface area contributed by atoms with E-state index in [1.165, 1.54) is 77.0 Å². The second-order valence-electron chi connectivity index (χ2n) is 19.4. The molecule has 2 N–H and O–H groups in total. The fraction of sp³-hybridized carbons (Fsp3) is 0.726. The average Bonchev–Trinajstić information content (AvgIpc) is 3.39. The number of phosphoric acid groups is 1. The fourth-order valence-corrected chi connectivity index (χ4v) is 8.57. The van der Waals surface area contributed by atoms with Gasteiger partial charge in [0.2, 0.25) is 0 Å². The molecule has 0 saturated carbocycles. The Morgan fingerprint density at radius 2 is 0.703 bits per heavy atom. The predicted octanol–water partition coefficient (Wildman–Crippen LogP) is 17.5. The van der Waals surface area contributed by atoms with Crippen LogP contribution in [0.3, 0.4) is 0 Å². The van der Waals surface area contributed by atoms with Crippen molar-refractivity contribution in [2.45, 2.75) is 264 Å². The fourth-order valence-electron chi connectivity index (χ4n) is 7.78. The van der Waals surface area contributed by atoms with Gasteiger partial charge in [-0.05, 0) is 116 Å². The maximum Gasteiger partial charge on any atom is 0.472 e. The van der Waals surface area contributed by atoms with Crippen molar-refractivity contribution >= 4 is 25.7 Å². The van der Waals surface area contributed by atoms with Crippen LogP contribution in [-0.4, -0.2) is 66.5 Å². The summed E-state index contributed by atoms with van der Waals surface area (Å²) in [7, 11) is -4.76. The van der Waals surface area contributed by atoms with Gasteiger partial charge in [-0.15, -0.1) is 0 Å². The molecule has 0 heterocycles. The number of carbonyl (C=O) groups is 3. The molecule has 3 atom stereocenters. The molecule has 74 heavy (non-hydrogen) atoms. The zero-order chi connectivity index (χ0) is 54.1. The SMILES string of the molecule is CC/C=C\C/C=C\C/C=C\CCCCCC(=O)OC(CO)COP(=O)(O)OCC(COC(=O)CCCCCCCCCCC/C=C\C/C=C\CCCCC)OC(=O)CCCCCCC/C=C\C/C=C\CCCCC. The van der Waals surface area contributed by atoms with Gasteiger partial charge in [-0.25, -0.2) is 4.57 Å². The quantitative estimate of drug-likeness (QED) is 0.0197. The van der Waals surface area contributed by atoms with E-state index in [-0.39, 0.29) is 25.9 Å². The van der Waals surface area contributed by atoms with Crippen molar-refractivity contribution in [2.24, 2.45) is 0 Å². The van der Waals surface area contributed by atoms with Crippen LogP contribution in [0.2, 0.25) is 0 Å². The molecular weight excluding hydrogens is 952 g/mol. The minimum atomic E-state index is -4.76. The van der Waals surface area contributed by atoms with Gasteiger partial charge in [-0.1, -0.05) is 202 Å². The van der Waals surface area contributed by atoms with Crippen LogP contribution >= 0.6 is 7.82 Å². The molecule has 0 aliphatic heterocycles. The normalized spacial score (nSPS) is 14.0. The Bertz CT molecular complexity index is 1560. The number of allylic oxidation sites excluding steroid dienone is 14. The first-order valence-electron chi connectivity index (χ1n) is 29.5. The van der Waals surface area contributed by atoms with E-state index in [0.29, 0.717) is 19.3 Å². The average molecular weight is 1060 g/mol. The summed E-state index contributed by atoms with van der Waals surface area (Å²) >= 11 is 0. The Morgan fingerprint density at radius 1 is 0.392 bits per heavy atom. The molecule has 0 aliphatic carbocycles. The monoisotopic (exact) mass is 1060 g/mol. The van der Waals surface area contributed by atoms with Crippen molar-refractivity contribution < 1.29 is 52.2 Å². The minimum Gasteiger partial charge on any atom is -0.462 e. The number of aliphatic hydroxyl groups is 1. The molecule has 3 unspecified atom stereocenters. The largest absolute Gasteiger partial charge is 0.472 e. The molecule has 11 nitrogen and oxygen atoms in total. The van der Waals surface area contributed by atoms with Crippen LogP contribution in [0, 0.1) is 0 Å². The second kappa shape index (κ2) is 55.9. The van der Waals surface area contributed by atoms with Gasteiger partial charge < -0.3 is 24.2 Å². The number of carbonyl (C=O) groups excluding carboxylic acids is 3. The summed E-state index contributed by atoms with van der Waals surface area (Å²) in [5.74, 6) is -1.52. The van der Waals surface area contributed by atoms with E-state index in [2.05, 4.69) is 106 Å². The summed E-state index contributed by atoms with van der Waals surface area (Å²) in [4.78, 5) is 48.6. The molecule has 0 aromatic rings. The van der Waals surface area contributed by atoms with E-state index in [0.717, 1.165) is 116 Å². The summed E-state index contributed by atoms with van der Waals surface area (Å²) in [6.45, 7) is 4.43. The van der Waals surface area contributed by atoms with E-state index in [4.69, 9.17) is 23.3 Å². The molecular formula is C62H107O11P. The standard InChI is InChI=1S/C62H107O11P/c1-4-7-10-13-16-19-22-25-27-28-29-30-32-34-36-39-42-45-48-51-60(64)69-55-59(73-62(66)53-50-47-44-41-38-35-31-26-23-20-17-14-11-8-5-2)57-71-74(67,68)70-56-58(54-63)72-61(65)52-49-46-43-40-37-33-24-21-18-15-12-9-6-3/h9,12,16-21,25-27,31,33,37,58-59,63H,4-8,10-11,13-15,22-24,28-30,32,34-36,38-57H2,1-3H3,(H,67,68)/b12-9-,19-16-,20-17-,21-18-,27-25-,31-26-,37-33-. The number of aliphatic hydroxyl groups excluding tert-OH is 1. The molecule has 0 spiro atoms. The third-order valence-electron chi connectivity index (χ3n) is 12.3. The van der Waals surface area contributed by atoms with Gasteiger partial charge in [-0.3, -0.25) is 23.4 Å². The maximum absolute atomic E-state index is 12.9. The molecule has 0 fully saturated rings. The molecule has 0 radical (unpaired) electrons. The maximum atomic E-state index is 12.9. The first kappa shape index (κ1) is 70.7. The lowest BCUT2D eigenvalue weighted by molar-refractivity contribution is -0.161. The Morgan fingerprint density at radius 3 is 1.09 bits per heavy atom. The summed E-state index contributed by atoms with van der Waals surface area (Å²) in [5.41, 5.74) is 0. The van der Waals surface area contributed by atoms with Crippen LogP contribution in [-0.2, 0) is 42.2 Å². The van der Waals surface area contributed by atoms with Gasteiger partial charge in [0.15, 0.2) is 6.10 Å². The highest BCUT2D eigenvalue weighted by Gasteiger charge is 2.28. The lowest BCUT2D eigenvalue weighted by Crippen LogP contribution is -2.30. The summed E-state index contributed by atoms with van der Waals surface area (Å²) in [6.07, 6.45) is 64.0. The highest BCUT2D eigenvalue weighted by molar-refractivity contribution is 7.47. The van der Waals surface area contributed by atoms with Crippen LogP contribution in [0.5, 0.6) is 0 Å². The summed E-state index contributed by atoms with van der Waals surface area (Å²) in [5, 5.41) is 9.80. The zero-order valence-corrected chi connectivity index (χ0v) is 47.9. The van der Waals surface area contributed by atoms with Gasteiger partial charge in [0, 0.05) is 19.3 Å². The van der Waals surface area contributed by atoms with Crippen molar-refractivity contribution in [2.75, 3.05) is 26.4 Å². The summed E-state index contributed by atoms with van der Waals surface area (Å²) in [6, 6.07) is 0. The first-order chi connectivity index (χ1) is 36.2. The molecule has 0 bridgehead atoms. The molecule has 12 heteroatoms. The van der Waals surface area contributed by atoms with Crippen molar-refractivity contribution in [1.82, 2.24) is 0 Å². The van der Waals surface area contributed by atoms with Crippen molar-refractivity contribution in [1.29, 1.82) is 0 Å². The van der Waals surface area contributed by atoms with Gasteiger partial charge in [0.05, 0.1) is 19.8 Å². The smallest absolute Gasteiger partial charge is 0.462 e. The molecule has 0 aromatic carbocycles. The van der Waals surface area contributed by atoms with E-state index >= 15 is 0 Å². The van der Waals surface area contributed by atoms with Crippen molar-refractivity contribution in [3.63, 3.8) is 0 Å². The number of hydrogen-bond acceptors (Lipinski definition) is 10. The highest BCUT2D eigenvalue weighted by atomic mass is 31.2. The molecule has 0 amide bonds. The second-order valence-corrected chi connectivity index (χ2v) is 20.9. The topological polar surface area (TPSA) is 155 Å². The number of esters is 3. The Labute approximate surface area is 451 Å². The van der Waals surface area contributed by atoms with E-state index in [1.807, 2.05) is 0 Å². The molecule has 0 rings (SSSR count). The van der Waals surface area contributed by atoms with E-state index < -0.39 is 57.8 Å². The van der Waals surface area contributed by atoms with E-state index in [1.54, 1.807) is 0 Å². The van der Waals surface area contributed by atoms with E-state index in [9.17, 15) is 28.9 Å². The number of hydrogen-bond donors (Lipinski definition) is 2. The molecule has 426 valence electrons. The van der Waals surface area contributed by atoms with Gasteiger partial charge in [0.25, 0.3) is 0 Å². The number of phosphoric ester groups is 1. The molecule has 0 aliphatic rings. The minimum absolute atomic E-state index is 0.138. The van der Waals surface area contributed by atoms with Gasteiger partial charge >= 0.3 is 25.7 Å². The lowest BCUT2D eigenvalue weighted by Gasteiger charge is -2.21. The highest BCUT2D eigenvalue weighted by Crippen LogP contribution is 2.43. The van der Waals surface area contributed by atoms with Gasteiger partial charge in [0.1, 0.15) is 12.7 Å². The van der Waals surface area contributed by atoms with Crippen LogP contribution in [0.15, 0.2) is 85.1 Å². The Balaban J connectivity index is 4.76. The third kappa shape index (κ3) is 53.5. The predicted molar refractivity (Wildman–Crippen MR) is 307 cm³/mol. The number of unbranched alkanes of at least 4 members (excludes halogenated alkanes) is 23. The first-order valence-corrected chi connectivity index (χ1v) is 31.0. The van der Waals surface area contributed by atoms with Crippen LogP contribution in [0.25, 0.3) is 0 Å². The third-order valence-corrected chi connectivity index (χ3v) is 13.2. The van der Waals surface area contributed by atoms with Crippen LogP contribution in [0.1, 0.15) is 252 Å². The van der Waals surface area contributed by atoms with Crippen LogP contribution in [0.4, 0.5) is 0 Å². The molecule has 0 aromatic heterocycles. The van der Waals surface area contributed by atoms with Gasteiger partial charge in [-0.2, -0.15) is 0 Å². The molecule has 0 saturated heterocycles. The zero-order valence-electron chi connectivity index (χ0n) is 47.0. The number of ether oxygens (including phenoxy) is 3. The lowest BCUT2D eigenvalue weighted by atomic mass is 10.1. The Hall–Kier alpha value is -3.34.